The average Bonchev–Trinajstić information content (AvgIpc) is 0.697. The van der Waals surface area contributed by atoms with Gasteiger partial charge in [-0.05, 0) is 189 Å². The van der Waals surface area contributed by atoms with Crippen LogP contribution in [0.1, 0.15) is 105 Å². The third-order valence-corrected chi connectivity index (χ3v) is 18.8. The Morgan fingerprint density at radius 2 is 0.527 bits per heavy atom. The predicted octanol–water partition coefficient (Wildman–Crippen LogP) is 22.0. The van der Waals surface area contributed by atoms with Crippen molar-refractivity contribution in [1.29, 1.82) is 0 Å². The van der Waals surface area contributed by atoms with E-state index in [-0.39, 0.29) is 28.4 Å². The molecule has 2 aliphatic heterocycles. The summed E-state index contributed by atoms with van der Waals surface area (Å²) in [6.45, 7) is 27.8. The van der Waals surface area contributed by atoms with Crippen LogP contribution in [-0.4, -0.2) is 11.7 Å². The van der Waals surface area contributed by atoms with Crippen LogP contribution in [0.3, 0.4) is 0 Å². The highest BCUT2D eigenvalue weighted by Gasteiger charge is 2.44. The normalized spacial score (nSPS) is 13.0. The van der Waals surface area contributed by atoms with Gasteiger partial charge in [0.15, 0.2) is 0 Å². The minimum atomic E-state index is -0.155. The first-order valence-electron chi connectivity index (χ1n) is 32.4. The van der Waals surface area contributed by atoms with Gasteiger partial charge >= 0.3 is 0 Å². The summed E-state index contributed by atoms with van der Waals surface area (Å²) in [7, 11) is 0. The number of hydrogen-bond donors (Lipinski definition) is 0. The topological polar surface area (TPSA) is 19.4 Å². The van der Waals surface area contributed by atoms with E-state index in [1.807, 2.05) is 0 Å². The van der Waals surface area contributed by atoms with Gasteiger partial charge < -0.3 is 9.80 Å². The molecule has 1 aromatic heterocycles. The fourth-order valence-electron chi connectivity index (χ4n) is 13.5. The number of aromatic nitrogens is 1. The number of anilines is 6. The third kappa shape index (κ3) is 11.3. The fraction of sp³-hybridized carbons (Fsp3) is 0.184. The zero-order chi connectivity index (χ0) is 63.1. The summed E-state index contributed by atoms with van der Waals surface area (Å²) >= 11 is 0. The molecule has 0 atom stereocenters. The van der Waals surface area contributed by atoms with Gasteiger partial charge in [-0.3, -0.25) is 0 Å². The van der Waals surface area contributed by atoms with E-state index in [2.05, 4.69) is 360 Å². The molecule has 0 amide bonds. The molecule has 14 rings (SSSR count). The molecule has 91 heavy (non-hydrogen) atoms. The van der Waals surface area contributed by atoms with E-state index >= 15 is 0 Å². The summed E-state index contributed by atoms with van der Waals surface area (Å²) in [5.41, 5.74) is 31.1. The lowest BCUT2D eigenvalue weighted by molar-refractivity contribution is 0.568. The average molecular weight is 1180 g/mol. The first-order valence-corrected chi connectivity index (χ1v) is 32.4. The van der Waals surface area contributed by atoms with Crippen molar-refractivity contribution in [3.8, 4) is 78.1 Å². The molecule has 3 nitrogen and oxygen atoms in total. The van der Waals surface area contributed by atoms with Crippen molar-refractivity contribution < 1.29 is 0 Å². The summed E-state index contributed by atoms with van der Waals surface area (Å²) in [5, 5.41) is 0. The first-order chi connectivity index (χ1) is 43.6. The molecule has 0 N–H and O–H groups in total. The highest BCUT2D eigenvalue weighted by Crippen LogP contribution is 2.49. The number of hydrogen-bond acceptors (Lipinski definition) is 3. The van der Waals surface area contributed by atoms with Gasteiger partial charge in [-0.25, -0.2) is 4.98 Å². The maximum atomic E-state index is 5.98. The molecule has 0 bridgehead atoms. The van der Waals surface area contributed by atoms with Crippen molar-refractivity contribution in [3.63, 3.8) is 0 Å². The van der Waals surface area contributed by atoms with Crippen LogP contribution >= 0.6 is 0 Å². The van der Waals surface area contributed by atoms with Crippen LogP contribution in [0.25, 0.3) is 78.1 Å². The summed E-state index contributed by atoms with van der Waals surface area (Å²) < 4.78 is 0. The van der Waals surface area contributed by atoms with Crippen molar-refractivity contribution in [2.75, 3.05) is 9.80 Å². The second kappa shape index (κ2) is 22.6. The summed E-state index contributed by atoms with van der Waals surface area (Å²) in [6, 6.07) is 100. The Labute approximate surface area is 540 Å². The van der Waals surface area contributed by atoms with Gasteiger partial charge in [0.25, 0.3) is 6.71 Å². The molecule has 0 fully saturated rings. The molecule has 3 heterocycles. The minimum Gasteiger partial charge on any atom is -0.311 e. The van der Waals surface area contributed by atoms with Gasteiger partial charge in [0, 0.05) is 45.3 Å². The Hall–Kier alpha value is -9.77. The van der Waals surface area contributed by atoms with Gasteiger partial charge in [0.1, 0.15) is 0 Å². The molecular weight excluding hydrogens is 1100 g/mol. The molecule has 12 aromatic rings. The Morgan fingerprint density at radius 3 is 0.868 bits per heavy atom. The van der Waals surface area contributed by atoms with Crippen LogP contribution in [-0.2, 0) is 21.7 Å². The number of nitrogens with zero attached hydrogens (tertiary/aromatic N) is 3. The van der Waals surface area contributed by atoms with Gasteiger partial charge in [-0.1, -0.05) is 277 Å². The highest BCUT2D eigenvalue weighted by atomic mass is 15.2. The molecule has 0 spiro atoms. The zero-order valence-electron chi connectivity index (χ0n) is 54.8. The lowest BCUT2D eigenvalue weighted by Gasteiger charge is -2.44. The van der Waals surface area contributed by atoms with Gasteiger partial charge in [0.05, 0.1) is 11.4 Å². The van der Waals surface area contributed by atoms with E-state index in [9.17, 15) is 0 Å². The SMILES string of the molecule is CC(C)(C)c1cc(-c2cc(-c3cc(C(C)(C)C)cc(C(C)(C)C)c3)nc(-c3cc4c5c(c3)N(c3ccc(-c6ccccc6)cc3)c3ccc(-c6ccccc6)cc3B5c3cc(-c5ccccc5)ccc3N4c3ccc(-c4ccccc4)cc3)c2)cc(C(C)(C)C)c1. The maximum absolute atomic E-state index is 5.98. The minimum absolute atomic E-state index is 0.0864. The van der Waals surface area contributed by atoms with Crippen LogP contribution < -0.4 is 26.2 Å². The highest BCUT2D eigenvalue weighted by molar-refractivity contribution is 7.00. The summed E-state index contributed by atoms with van der Waals surface area (Å²) in [5.74, 6) is 0. The van der Waals surface area contributed by atoms with Crippen molar-refractivity contribution >= 4 is 57.2 Å². The van der Waals surface area contributed by atoms with Crippen LogP contribution in [0.2, 0.25) is 0 Å². The van der Waals surface area contributed by atoms with Gasteiger partial charge in [-0.2, -0.15) is 0 Å². The maximum Gasteiger partial charge on any atom is 0.252 e. The zero-order valence-corrected chi connectivity index (χ0v) is 54.8. The molecule has 0 saturated heterocycles. The van der Waals surface area contributed by atoms with Crippen molar-refractivity contribution in [3.05, 3.63) is 289 Å². The van der Waals surface area contributed by atoms with E-state index in [4.69, 9.17) is 4.98 Å². The number of pyridine rings is 1. The second-order valence-electron chi connectivity index (χ2n) is 29.4. The van der Waals surface area contributed by atoms with Crippen LogP contribution in [0, 0.1) is 0 Å². The summed E-state index contributed by atoms with van der Waals surface area (Å²) in [6.07, 6.45) is 0. The first kappa shape index (κ1) is 58.9. The van der Waals surface area contributed by atoms with Crippen LogP contribution in [0.4, 0.5) is 34.1 Å². The predicted molar refractivity (Wildman–Crippen MR) is 391 cm³/mol. The summed E-state index contributed by atoms with van der Waals surface area (Å²) in [4.78, 5) is 11.1. The van der Waals surface area contributed by atoms with E-state index in [1.165, 1.54) is 88.7 Å². The molecule has 0 saturated carbocycles. The van der Waals surface area contributed by atoms with Crippen molar-refractivity contribution in [1.82, 2.24) is 4.98 Å². The lowest BCUT2D eigenvalue weighted by atomic mass is 9.33. The molecular formula is C87H80BN3. The Morgan fingerprint density at radius 1 is 0.242 bits per heavy atom. The van der Waals surface area contributed by atoms with Crippen LogP contribution in [0.15, 0.2) is 267 Å². The van der Waals surface area contributed by atoms with Gasteiger partial charge in [-0.15, -0.1) is 0 Å². The molecule has 4 heteroatoms. The largest absolute Gasteiger partial charge is 0.311 e. The monoisotopic (exact) mass is 1180 g/mol. The van der Waals surface area contributed by atoms with E-state index in [1.54, 1.807) is 0 Å². The quantitative estimate of drug-likeness (QED) is 0.134. The molecule has 0 radical (unpaired) electrons. The standard InChI is InChI=1S/C87H80BN3/c1-84(2,3)69-45-65(46-70(55-69)85(4,5)6)66-51-77(67-47-71(86(7,8)9)56-72(48-67)87(10,11)12)89-78(52-66)68-53-81-83-82(54-68)91(74-41-35-62(36-42-74)58-27-19-14-20-28-58)80-44-38-64(60-31-23-16-24-32-60)50-76(80)88(83)75-49-63(59-29-21-15-22-30-59)37-43-79(75)90(81)73-39-33-61(34-40-73)57-25-17-13-18-26-57/h13-56H,1-12H3. The number of rotatable bonds is 9. The van der Waals surface area contributed by atoms with Crippen LogP contribution in [0.5, 0.6) is 0 Å². The molecule has 11 aromatic carbocycles. The van der Waals surface area contributed by atoms with E-state index in [0.29, 0.717) is 0 Å². The third-order valence-electron chi connectivity index (χ3n) is 18.8. The Bertz CT molecular complexity index is 4340. The smallest absolute Gasteiger partial charge is 0.252 e. The molecule has 2 aliphatic rings. The van der Waals surface area contributed by atoms with Crippen molar-refractivity contribution in [2.24, 2.45) is 0 Å². The van der Waals surface area contributed by atoms with Gasteiger partial charge in [0.2, 0.25) is 0 Å². The van der Waals surface area contributed by atoms with E-state index in [0.717, 1.165) is 62.2 Å². The Balaban J connectivity index is 1.10. The fourth-order valence-corrected chi connectivity index (χ4v) is 13.5. The second-order valence-corrected chi connectivity index (χ2v) is 29.4. The number of benzene rings is 11. The molecule has 446 valence electrons. The van der Waals surface area contributed by atoms with E-state index < -0.39 is 0 Å². The Kier molecular flexibility index (Phi) is 14.6. The molecule has 0 aliphatic carbocycles. The molecule has 0 unspecified atom stereocenters. The number of fused-ring (bicyclic) bond motifs is 4. The van der Waals surface area contributed by atoms with Crippen molar-refractivity contribution in [2.45, 2.75) is 105 Å². The lowest BCUT2D eigenvalue weighted by Crippen LogP contribution is -2.61.